The molecule has 0 bridgehead atoms. The number of methoxy groups -OCH3 is 1. The van der Waals surface area contributed by atoms with Gasteiger partial charge in [-0.1, -0.05) is 82.9 Å². The van der Waals surface area contributed by atoms with Crippen molar-refractivity contribution in [3.05, 3.63) is 48.5 Å². The Labute approximate surface area is 264 Å². The number of nitrogens with zero attached hydrogens (tertiary/aromatic N) is 5. The van der Waals surface area contributed by atoms with E-state index in [1.807, 2.05) is 6.07 Å². The van der Waals surface area contributed by atoms with Gasteiger partial charge in [-0.2, -0.15) is 11.8 Å². The van der Waals surface area contributed by atoms with Gasteiger partial charge in [-0.3, -0.25) is 14.2 Å². The summed E-state index contributed by atoms with van der Waals surface area (Å²) >= 11 is 1.80. The number of fused-ring (bicyclic) bond motifs is 1. The highest BCUT2D eigenvalue weighted by Gasteiger charge is 2.42. The lowest BCUT2D eigenvalue weighted by Crippen LogP contribution is -2.44. The van der Waals surface area contributed by atoms with E-state index in [2.05, 4.69) is 27.2 Å². The van der Waals surface area contributed by atoms with Crippen LogP contribution in [0.1, 0.15) is 107 Å². The fourth-order valence-electron chi connectivity index (χ4n) is 5.79. The second-order valence-corrected chi connectivity index (χ2v) is 12.5. The van der Waals surface area contributed by atoms with Crippen LogP contribution in [-0.2, 0) is 14.3 Å². The van der Waals surface area contributed by atoms with E-state index in [9.17, 15) is 14.4 Å². The summed E-state index contributed by atoms with van der Waals surface area (Å²) in [5, 5.41) is 2.82. The summed E-state index contributed by atoms with van der Waals surface area (Å²) in [5.41, 5.74) is 1.39. The number of unbranched alkanes of at least 4 members (excludes halogenated alkanes) is 9. The molecule has 0 saturated carbocycles. The van der Waals surface area contributed by atoms with E-state index in [1.165, 1.54) is 71.2 Å². The lowest BCUT2D eigenvalue weighted by Gasteiger charge is -2.30. The lowest BCUT2D eigenvalue weighted by molar-refractivity contribution is -0.153. The molecule has 2 amide bonds. The maximum atomic E-state index is 13.6. The molecule has 0 aliphatic carbocycles. The van der Waals surface area contributed by atoms with Crippen molar-refractivity contribution in [1.82, 2.24) is 24.4 Å². The molecule has 1 N–H and O–H groups in total. The number of esters is 1. The summed E-state index contributed by atoms with van der Waals surface area (Å²) < 4.78 is 6.86. The molecule has 238 valence electrons. The van der Waals surface area contributed by atoms with Gasteiger partial charge in [-0.25, -0.2) is 19.7 Å². The predicted molar refractivity (Wildman–Crippen MR) is 174 cm³/mol. The van der Waals surface area contributed by atoms with Crippen molar-refractivity contribution >= 4 is 46.5 Å². The summed E-state index contributed by atoms with van der Waals surface area (Å²) in [7, 11) is 1.35. The molecule has 1 aliphatic heterocycles. The Morgan fingerprint density at radius 2 is 1.61 bits per heavy atom. The third-order valence-corrected chi connectivity index (χ3v) is 9.24. The molecule has 3 heterocycles. The van der Waals surface area contributed by atoms with Crippen molar-refractivity contribution in [2.24, 2.45) is 0 Å². The number of amides is 2. The Bertz CT molecular complexity index is 1350. The zero-order valence-electron chi connectivity index (χ0n) is 26.1. The number of thioether (sulfide) groups is 1. The molecule has 4 rings (SSSR count). The fraction of sp³-hybridized carbons (Fsp3) is 0.576. The molecule has 0 spiro atoms. The third-order valence-electron chi connectivity index (χ3n) is 8.17. The SMILES string of the molecule is CCCCCCCCCCCCSCCC(=O)N1C(n2cnc3c(NC(=O)c4ccccc4)ncnc32)CC[C@H]1C(=O)OC. The minimum Gasteiger partial charge on any atom is -0.467 e. The van der Waals surface area contributed by atoms with Crippen LogP contribution >= 0.6 is 11.8 Å². The Balaban J connectivity index is 1.32. The molecule has 10 nitrogen and oxygen atoms in total. The molecule has 11 heteroatoms. The van der Waals surface area contributed by atoms with Gasteiger partial charge in [0, 0.05) is 17.7 Å². The summed E-state index contributed by atoms with van der Waals surface area (Å²) in [4.78, 5) is 53.8. The average Bonchev–Trinajstić information content (AvgIpc) is 3.68. The van der Waals surface area contributed by atoms with Crippen molar-refractivity contribution in [3.63, 3.8) is 0 Å². The van der Waals surface area contributed by atoms with Crippen LogP contribution in [0.2, 0.25) is 0 Å². The second kappa shape index (κ2) is 17.7. The number of anilines is 1. The highest BCUT2D eigenvalue weighted by Crippen LogP contribution is 2.36. The molecule has 1 aliphatic rings. The maximum Gasteiger partial charge on any atom is 0.328 e. The minimum absolute atomic E-state index is 0.0908. The van der Waals surface area contributed by atoms with Crippen LogP contribution in [0.15, 0.2) is 43.0 Å². The number of hydrogen-bond donors (Lipinski definition) is 1. The molecular formula is C33H46N6O4S. The monoisotopic (exact) mass is 622 g/mol. The smallest absolute Gasteiger partial charge is 0.328 e. The van der Waals surface area contributed by atoms with Crippen molar-refractivity contribution < 1.29 is 19.1 Å². The standard InChI is InChI=1S/C33H46N6O4S/c1-3-4-5-6-7-8-9-10-11-15-21-44-22-20-28(40)39-26(33(42)43-2)18-19-27(39)38-24-36-29-30(34-23-35-31(29)38)37-32(41)25-16-13-12-14-17-25/h12-14,16-17,23-24,26-27H,3-11,15,18-22H2,1-2H3,(H,34,35,37,41)/t26-,27?/m0/s1. The van der Waals surface area contributed by atoms with Crippen LogP contribution in [0.4, 0.5) is 5.82 Å². The van der Waals surface area contributed by atoms with Gasteiger partial charge in [0.15, 0.2) is 17.0 Å². The Kier molecular flexibility index (Phi) is 13.5. The molecule has 2 aromatic heterocycles. The highest BCUT2D eigenvalue weighted by molar-refractivity contribution is 7.99. The Morgan fingerprint density at radius 1 is 0.909 bits per heavy atom. The molecular weight excluding hydrogens is 576 g/mol. The first kappa shape index (κ1) is 33.4. The van der Waals surface area contributed by atoms with Crippen LogP contribution in [0.25, 0.3) is 11.2 Å². The Morgan fingerprint density at radius 3 is 2.32 bits per heavy atom. The topological polar surface area (TPSA) is 119 Å². The number of rotatable bonds is 18. The molecule has 1 saturated heterocycles. The minimum atomic E-state index is -0.666. The number of imidazole rings is 1. The molecule has 2 atom stereocenters. The first-order valence-electron chi connectivity index (χ1n) is 16.1. The van der Waals surface area contributed by atoms with Crippen molar-refractivity contribution in [2.45, 2.75) is 103 Å². The average molecular weight is 623 g/mol. The quantitative estimate of drug-likeness (QED) is 0.122. The third kappa shape index (κ3) is 9.03. The van der Waals surface area contributed by atoms with Crippen LogP contribution in [0.5, 0.6) is 0 Å². The van der Waals surface area contributed by atoms with E-state index in [4.69, 9.17) is 4.74 Å². The van der Waals surface area contributed by atoms with E-state index in [-0.39, 0.29) is 17.6 Å². The van der Waals surface area contributed by atoms with Gasteiger partial charge in [0.25, 0.3) is 5.91 Å². The number of likely N-dealkylation sites (tertiary alicyclic amines) is 1. The summed E-state index contributed by atoms with van der Waals surface area (Å²) in [6.07, 6.45) is 17.0. The van der Waals surface area contributed by atoms with E-state index >= 15 is 0 Å². The van der Waals surface area contributed by atoms with Gasteiger partial charge in [0.05, 0.1) is 13.4 Å². The normalized spacial score (nSPS) is 16.4. The number of carbonyl (C=O) groups excluding carboxylic acids is 3. The van der Waals surface area contributed by atoms with Crippen molar-refractivity contribution in [1.29, 1.82) is 0 Å². The Hall–Kier alpha value is -3.47. The molecule has 3 aromatic rings. The van der Waals surface area contributed by atoms with Gasteiger partial charge in [0.2, 0.25) is 5.91 Å². The van der Waals surface area contributed by atoms with Crippen LogP contribution in [-0.4, -0.2) is 66.9 Å². The number of hydrogen-bond acceptors (Lipinski definition) is 8. The van der Waals surface area contributed by atoms with E-state index < -0.39 is 18.2 Å². The summed E-state index contributed by atoms with van der Waals surface area (Å²) in [5.74, 6) is 1.20. The van der Waals surface area contributed by atoms with Gasteiger partial charge in [-0.15, -0.1) is 0 Å². The van der Waals surface area contributed by atoms with Crippen LogP contribution in [0.3, 0.4) is 0 Å². The number of benzene rings is 1. The number of carbonyl (C=O) groups is 3. The summed E-state index contributed by atoms with van der Waals surface area (Å²) in [6.45, 7) is 2.25. The predicted octanol–water partition coefficient (Wildman–Crippen LogP) is 6.79. The van der Waals surface area contributed by atoms with Crippen molar-refractivity contribution in [3.8, 4) is 0 Å². The van der Waals surface area contributed by atoms with Gasteiger partial charge >= 0.3 is 5.97 Å². The molecule has 1 fully saturated rings. The molecule has 0 radical (unpaired) electrons. The second-order valence-electron chi connectivity index (χ2n) is 11.3. The number of nitrogens with one attached hydrogen (secondary N) is 1. The highest BCUT2D eigenvalue weighted by atomic mass is 32.2. The maximum absolute atomic E-state index is 13.6. The zero-order valence-corrected chi connectivity index (χ0v) is 26.9. The number of ether oxygens (including phenoxy) is 1. The van der Waals surface area contributed by atoms with E-state index in [1.54, 1.807) is 51.8 Å². The fourth-order valence-corrected chi connectivity index (χ4v) is 6.72. The zero-order chi connectivity index (χ0) is 31.1. The molecule has 1 unspecified atom stereocenters. The van der Waals surface area contributed by atoms with Crippen molar-refractivity contribution in [2.75, 3.05) is 23.9 Å². The molecule has 44 heavy (non-hydrogen) atoms. The number of aromatic nitrogens is 4. The van der Waals surface area contributed by atoms with Crippen LogP contribution < -0.4 is 5.32 Å². The largest absolute Gasteiger partial charge is 0.467 e. The van der Waals surface area contributed by atoms with Crippen LogP contribution in [0, 0.1) is 0 Å². The lowest BCUT2D eigenvalue weighted by atomic mass is 10.1. The summed E-state index contributed by atoms with van der Waals surface area (Å²) in [6, 6.07) is 8.20. The first-order valence-corrected chi connectivity index (χ1v) is 17.2. The first-order chi connectivity index (χ1) is 21.5. The molecule has 1 aromatic carbocycles. The van der Waals surface area contributed by atoms with Gasteiger partial charge in [0.1, 0.15) is 18.5 Å². The van der Waals surface area contributed by atoms with E-state index in [0.29, 0.717) is 41.7 Å². The van der Waals surface area contributed by atoms with Gasteiger partial charge in [-0.05, 0) is 37.1 Å². The van der Waals surface area contributed by atoms with Gasteiger partial charge < -0.3 is 15.0 Å². The van der Waals surface area contributed by atoms with E-state index in [0.717, 1.165) is 12.2 Å².